The molecule has 0 saturated carbocycles. The molecule has 3 N–H and O–H groups in total. The highest BCUT2D eigenvalue weighted by Crippen LogP contribution is 2.42. The number of benzene rings is 1. The predicted octanol–water partition coefficient (Wildman–Crippen LogP) is 3.12. The van der Waals surface area contributed by atoms with Crippen molar-refractivity contribution >= 4 is 17.8 Å². The van der Waals surface area contributed by atoms with Crippen molar-refractivity contribution in [3.63, 3.8) is 0 Å². The molecule has 3 aromatic rings. The molecule has 0 bridgehead atoms. The number of aromatic nitrogens is 2. The van der Waals surface area contributed by atoms with E-state index in [0.29, 0.717) is 4.57 Å². The van der Waals surface area contributed by atoms with Crippen molar-refractivity contribution in [2.24, 2.45) is 10.7 Å². The molecule has 4 rings (SSSR count). The first-order chi connectivity index (χ1) is 16.3. The Labute approximate surface area is 194 Å². The molecule has 3 heterocycles. The van der Waals surface area contributed by atoms with Crippen LogP contribution in [0.1, 0.15) is 21.6 Å². The molecule has 0 fully saturated rings. The molecule has 2 aromatic heterocycles. The molecule has 8 nitrogen and oxygen atoms in total. The fraction of sp³-hybridized carbons (Fsp3) is 0.182. The van der Waals surface area contributed by atoms with E-state index in [-0.39, 0.29) is 28.2 Å². The van der Waals surface area contributed by atoms with Gasteiger partial charge >= 0.3 is 12.1 Å². The second-order valence-electron chi connectivity index (χ2n) is 7.74. The van der Waals surface area contributed by atoms with Crippen LogP contribution in [0.3, 0.4) is 0 Å². The van der Waals surface area contributed by atoms with Crippen LogP contribution in [-0.2, 0) is 16.9 Å². The first kappa shape index (κ1) is 23.9. The molecule has 0 unspecified atom stereocenters. The number of carbonyl (C=O) groups is 2. The highest BCUT2D eigenvalue weighted by Gasteiger charge is 2.51. The molecule has 0 saturated heterocycles. The number of amides is 1. The average molecular weight is 493 g/mol. The molecule has 0 aliphatic carbocycles. The van der Waals surface area contributed by atoms with Gasteiger partial charge in [0.25, 0.3) is 5.91 Å². The number of likely N-dealkylation sites (N-methyl/N-ethyl adjacent to an activating group) is 1. The van der Waals surface area contributed by atoms with Gasteiger partial charge in [0, 0.05) is 36.1 Å². The lowest BCUT2D eigenvalue weighted by atomic mass is 9.82. The quantitative estimate of drug-likeness (QED) is 0.419. The van der Waals surface area contributed by atoms with Crippen LogP contribution in [-0.4, -0.2) is 50.6 Å². The van der Waals surface area contributed by atoms with E-state index in [1.165, 1.54) is 19.2 Å². The van der Waals surface area contributed by atoms with Gasteiger partial charge in [0.15, 0.2) is 11.5 Å². The minimum absolute atomic E-state index is 0.0736. The summed E-state index contributed by atoms with van der Waals surface area (Å²) >= 11 is 0. The first-order valence-corrected chi connectivity index (χ1v) is 9.90. The summed E-state index contributed by atoms with van der Waals surface area (Å²) in [5.41, 5.74) is 2.07. The maximum atomic E-state index is 14.7. The lowest BCUT2D eigenvalue weighted by Crippen LogP contribution is -2.41. The standard InChI is InChI=1S/C22H16F5N5O3/c1-31-19(35)22(30-20(31)28,12-8-16(18(33)34)32(9-12)10-21(25,26)27)11-4-5-15(23)14(7-11)13-3-2-6-29-17(13)24/h2-9H,10H2,1H3,(H2,28,30)(H,33,34)/t22-/m0/s1. The first-order valence-electron chi connectivity index (χ1n) is 9.90. The third kappa shape index (κ3) is 3.98. The van der Waals surface area contributed by atoms with E-state index in [4.69, 9.17) is 5.73 Å². The van der Waals surface area contributed by atoms with E-state index in [2.05, 4.69) is 9.98 Å². The van der Waals surface area contributed by atoms with Crippen LogP contribution in [0.15, 0.2) is 53.8 Å². The number of guanidine groups is 1. The highest BCUT2D eigenvalue weighted by atomic mass is 19.4. The monoisotopic (exact) mass is 493 g/mol. The molecular weight excluding hydrogens is 477 g/mol. The number of carboxylic acids is 1. The van der Waals surface area contributed by atoms with Crippen LogP contribution in [0, 0.1) is 11.8 Å². The zero-order valence-corrected chi connectivity index (χ0v) is 17.8. The Balaban J connectivity index is 1.99. The fourth-order valence-corrected chi connectivity index (χ4v) is 3.94. The van der Waals surface area contributed by atoms with Crippen molar-refractivity contribution in [1.29, 1.82) is 0 Å². The topological polar surface area (TPSA) is 114 Å². The van der Waals surface area contributed by atoms with Crippen molar-refractivity contribution in [3.05, 3.63) is 77.4 Å². The highest BCUT2D eigenvalue weighted by molar-refractivity contribution is 6.09. The number of rotatable bonds is 5. The molecule has 182 valence electrons. The number of carbonyl (C=O) groups excluding carboxylic acids is 1. The van der Waals surface area contributed by atoms with Crippen LogP contribution in [0.2, 0.25) is 0 Å². The molecule has 0 radical (unpaired) electrons. The van der Waals surface area contributed by atoms with Gasteiger partial charge in [0.1, 0.15) is 18.1 Å². The summed E-state index contributed by atoms with van der Waals surface area (Å²) in [6.45, 7) is -1.65. The van der Waals surface area contributed by atoms with Crippen LogP contribution >= 0.6 is 0 Å². The number of alkyl halides is 3. The summed E-state index contributed by atoms with van der Waals surface area (Å²) < 4.78 is 68.7. The summed E-state index contributed by atoms with van der Waals surface area (Å²) in [6.07, 6.45) is -2.79. The molecule has 1 aliphatic heterocycles. The second kappa shape index (κ2) is 8.18. The Bertz CT molecular complexity index is 1380. The number of halogens is 5. The van der Waals surface area contributed by atoms with E-state index in [1.54, 1.807) is 0 Å². The third-order valence-electron chi connectivity index (χ3n) is 5.56. The lowest BCUT2D eigenvalue weighted by Gasteiger charge is -2.25. The maximum absolute atomic E-state index is 14.7. The molecule has 0 spiro atoms. The van der Waals surface area contributed by atoms with Gasteiger partial charge in [-0.15, -0.1) is 0 Å². The number of aromatic carboxylic acids is 1. The minimum Gasteiger partial charge on any atom is -0.477 e. The lowest BCUT2D eigenvalue weighted by molar-refractivity contribution is -0.140. The summed E-state index contributed by atoms with van der Waals surface area (Å²) in [5.74, 6) is -4.69. The predicted molar refractivity (Wildman–Crippen MR) is 112 cm³/mol. The van der Waals surface area contributed by atoms with Crippen molar-refractivity contribution < 1.29 is 36.6 Å². The van der Waals surface area contributed by atoms with Gasteiger partial charge in [-0.2, -0.15) is 17.6 Å². The molecule has 1 aliphatic rings. The Hall–Kier alpha value is -4.29. The van der Waals surface area contributed by atoms with Gasteiger partial charge < -0.3 is 15.4 Å². The van der Waals surface area contributed by atoms with Crippen molar-refractivity contribution in [3.8, 4) is 11.1 Å². The molecule has 1 amide bonds. The Morgan fingerprint density at radius 3 is 2.43 bits per heavy atom. The Morgan fingerprint density at radius 2 is 1.86 bits per heavy atom. The van der Waals surface area contributed by atoms with Gasteiger partial charge in [-0.3, -0.25) is 9.69 Å². The van der Waals surface area contributed by atoms with Crippen LogP contribution in [0.25, 0.3) is 11.1 Å². The Morgan fingerprint density at radius 1 is 1.14 bits per heavy atom. The normalized spacial score (nSPS) is 18.2. The zero-order valence-electron chi connectivity index (χ0n) is 17.8. The van der Waals surface area contributed by atoms with E-state index < -0.39 is 47.6 Å². The molecule has 1 atom stereocenters. The van der Waals surface area contributed by atoms with Crippen molar-refractivity contribution in [2.45, 2.75) is 18.3 Å². The number of pyridine rings is 1. The number of nitrogens with two attached hydrogens (primary N) is 1. The van der Waals surface area contributed by atoms with Gasteiger partial charge in [-0.05, 0) is 35.9 Å². The van der Waals surface area contributed by atoms with Gasteiger partial charge in [0.2, 0.25) is 5.95 Å². The maximum Gasteiger partial charge on any atom is 0.406 e. The molecular formula is C22H16F5N5O3. The smallest absolute Gasteiger partial charge is 0.406 e. The van der Waals surface area contributed by atoms with Crippen molar-refractivity contribution in [2.75, 3.05) is 7.05 Å². The third-order valence-corrected chi connectivity index (χ3v) is 5.56. The number of nitrogens with zero attached hydrogens (tertiary/aromatic N) is 4. The fourth-order valence-electron chi connectivity index (χ4n) is 3.94. The number of aliphatic imine (C=N–C) groups is 1. The molecule has 35 heavy (non-hydrogen) atoms. The number of hydrogen-bond acceptors (Lipinski definition) is 5. The summed E-state index contributed by atoms with van der Waals surface area (Å²) in [7, 11) is 1.26. The Kier molecular flexibility index (Phi) is 5.58. The van der Waals surface area contributed by atoms with E-state index in [9.17, 15) is 36.6 Å². The summed E-state index contributed by atoms with van der Waals surface area (Å²) in [6, 6.07) is 6.66. The minimum atomic E-state index is -4.77. The zero-order chi connectivity index (χ0) is 25.7. The van der Waals surface area contributed by atoms with Gasteiger partial charge in [-0.1, -0.05) is 6.07 Å². The summed E-state index contributed by atoms with van der Waals surface area (Å²) in [4.78, 5) is 33.6. The van der Waals surface area contributed by atoms with Crippen LogP contribution < -0.4 is 5.73 Å². The largest absolute Gasteiger partial charge is 0.477 e. The van der Waals surface area contributed by atoms with E-state index in [0.717, 1.165) is 41.6 Å². The van der Waals surface area contributed by atoms with E-state index >= 15 is 0 Å². The van der Waals surface area contributed by atoms with Crippen LogP contribution in [0.5, 0.6) is 0 Å². The number of carboxylic acid groups (broad SMARTS) is 1. The SMILES string of the molecule is CN1C(=O)[C@](c2ccc(F)c(-c3cccnc3F)c2)(c2cc(C(=O)O)n(CC(F)(F)F)c2)N=C1N. The summed E-state index contributed by atoms with van der Waals surface area (Å²) in [5, 5.41) is 9.46. The van der Waals surface area contributed by atoms with Gasteiger partial charge in [-0.25, -0.2) is 19.2 Å². The second-order valence-corrected chi connectivity index (χ2v) is 7.74. The molecule has 13 heteroatoms. The number of hydrogen-bond donors (Lipinski definition) is 2. The van der Waals surface area contributed by atoms with E-state index in [1.807, 2.05) is 0 Å². The van der Waals surface area contributed by atoms with Crippen LogP contribution in [0.4, 0.5) is 22.0 Å². The average Bonchev–Trinajstić information content (AvgIpc) is 3.29. The van der Waals surface area contributed by atoms with Gasteiger partial charge in [0.05, 0.1) is 0 Å². The molecule has 1 aromatic carbocycles. The van der Waals surface area contributed by atoms with Crippen molar-refractivity contribution in [1.82, 2.24) is 14.5 Å².